The van der Waals surface area contributed by atoms with Crippen LogP contribution in [0.1, 0.15) is 19.8 Å². The minimum absolute atomic E-state index is 0. The molecular weight excluding hydrogens is 577 g/mol. The Labute approximate surface area is 235 Å². The van der Waals surface area contributed by atoms with Crippen molar-refractivity contribution in [3.8, 4) is 0 Å². The number of rotatable bonds is 12. The van der Waals surface area contributed by atoms with Crippen LogP contribution in [0.15, 0.2) is 0 Å². The van der Waals surface area contributed by atoms with Gasteiger partial charge in [0.25, 0.3) is 0 Å². The fourth-order valence-corrected chi connectivity index (χ4v) is 2.52. The van der Waals surface area contributed by atoms with Gasteiger partial charge in [-0.15, -0.1) is 0 Å². The molecule has 21 heteroatoms. The van der Waals surface area contributed by atoms with Gasteiger partial charge in [0.1, 0.15) is 6.54 Å². The van der Waals surface area contributed by atoms with Gasteiger partial charge >= 0.3 is 35.0 Å². The van der Waals surface area contributed by atoms with E-state index in [4.69, 9.17) is 27.0 Å². The number of carbonyl (C=O) groups excluding carboxylic acids is 1. The fourth-order valence-electron chi connectivity index (χ4n) is 1.65. The van der Waals surface area contributed by atoms with Gasteiger partial charge in [-0.25, -0.2) is 25.3 Å². The van der Waals surface area contributed by atoms with Crippen LogP contribution in [0.4, 0.5) is 0 Å². The molecule has 0 saturated heterocycles. The molecule has 0 aliphatic rings. The molecule has 0 bridgehead atoms. The van der Waals surface area contributed by atoms with Gasteiger partial charge in [-0.3, -0.25) is 9.59 Å². The van der Waals surface area contributed by atoms with Gasteiger partial charge in [-0.2, -0.15) is 0 Å². The monoisotopic (exact) mass is 614 g/mol. The summed E-state index contributed by atoms with van der Waals surface area (Å²) in [5.41, 5.74) is 14.2. The van der Waals surface area contributed by atoms with E-state index in [1.54, 1.807) is 6.92 Å². The van der Waals surface area contributed by atoms with Crippen molar-refractivity contribution in [2.75, 3.05) is 64.6 Å². The van der Waals surface area contributed by atoms with Crippen LogP contribution in [0.3, 0.4) is 0 Å². The third-order valence-electron chi connectivity index (χ3n) is 2.84. The largest absolute Gasteiger partial charge is 2.00 e. The number of carboxylic acid groups (broad SMARTS) is 1. The summed E-state index contributed by atoms with van der Waals surface area (Å²) in [4.78, 5) is 21.6. The number of quaternary nitrogens is 1. The number of likely N-dealkylation sites (N-methyl/N-ethyl adjacent to an activating group) is 1. The molecule has 17 nitrogen and oxygen atoms in total. The Kier molecular flexibility index (Phi) is 28.9. The number of hydrogen-bond donors (Lipinski definition) is 4. The minimum Gasteiger partial charge on any atom is -0.748 e. The van der Waals surface area contributed by atoms with E-state index < -0.39 is 59.7 Å². The molecule has 0 amide bonds. The number of ether oxygens (including phenoxy) is 1. The first-order valence-electron chi connectivity index (χ1n) is 10.1. The minimum atomic E-state index is -4.05. The predicted octanol–water partition coefficient (Wildman–Crippen LogP) is -4.42. The molecule has 0 aromatic heterocycles. The molecule has 1 atom stereocenters. The quantitative estimate of drug-likeness (QED) is 0.0697. The SMILES string of the molecule is CCC(=O)O[C@H](CC(=O)O)C[N+](C)(C)C.NCCS(=O)(=O)[O-].NCCS(=O)(=O)[O-].NCCS(=O)(=O)[O-].[Mg+2]. The van der Waals surface area contributed by atoms with E-state index in [1.807, 2.05) is 21.1 Å². The number of nitrogens with two attached hydrogens (primary N) is 3. The molecule has 0 rings (SSSR count). The van der Waals surface area contributed by atoms with E-state index in [0.717, 1.165) is 0 Å². The maximum Gasteiger partial charge on any atom is 2.00 e. The summed E-state index contributed by atoms with van der Waals surface area (Å²) in [5, 5.41) is 8.67. The van der Waals surface area contributed by atoms with Crippen molar-refractivity contribution in [2.45, 2.75) is 25.9 Å². The Morgan fingerprint density at radius 3 is 1.24 bits per heavy atom. The summed E-state index contributed by atoms with van der Waals surface area (Å²) >= 11 is 0. The maximum atomic E-state index is 11.1. The number of carboxylic acids is 1. The Morgan fingerprint density at radius 2 is 1.11 bits per heavy atom. The number of hydrogen-bond acceptors (Lipinski definition) is 15. The summed E-state index contributed by atoms with van der Waals surface area (Å²) < 4.78 is 92.0. The molecule has 0 fully saturated rings. The van der Waals surface area contributed by atoms with Gasteiger partial charge in [0.2, 0.25) is 0 Å². The van der Waals surface area contributed by atoms with E-state index in [2.05, 4.69) is 0 Å². The molecule has 0 aliphatic carbocycles. The van der Waals surface area contributed by atoms with Crippen LogP contribution >= 0.6 is 0 Å². The standard InChI is InChI=1S/C10H19NO4.3C2H7NO3S.Mg/c1-5-10(14)15-8(6-9(12)13)7-11(2,3)4;3*3-1-2-7(4,5)6;/h8H,5-7H2,1-4H3;3*1-3H2,(H,4,5,6);/q;;;;+2/p-2/t8-;;;;/m1..../s1. The Bertz CT molecular complexity index is 841. The maximum absolute atomic E-state index is 11.1. The van der Waals surface area contributed by atoms with Crippen molar-refractivity contribution in [3.63, 3.8) is 0 Å². The second-order valence-electron chi connectivity index (χ2n) is 7.69. The van der Waals surface area contributed by atoms with Gasteiger partial charge in [-0.05, 0) is 0 Å². The second-order valence-corrected chi connectivity index (χ2v) is 12.3. The summed E-state index contributed by atoms with van der Waals surface area (Å²) in [6, 6.07) is 0. The molecule has 220 valence electrons. The Hall–Kier alpha value is -0.724. The smallest absolute Gasteiger partial charge is 0.748 e. The average Bonchev–Trinajstić information content (AvgIpc) is 2.58. The first-order valence-corrected chi connectivity index (χ1v) is 14.8. The molecule has 0 radical (unpaired) electrons. The van der Waals surface area contributed by atoms with Gasteiger partial charge < -0.3 is 45.2 Å². The van der Waals surface area contributed by atoms with E-state index in [9.17, 15) is 48.5 Å². The van der Waals surface area contributed by atoms with Crippen molar-refractivity contribution in [1.29, 1.82) is 0 Å². The van der Waals surface area contributed by atoms with Crippen LogP contribution in [0.5, 0.6) is 0 Å². The van der Waals surface area contributed by atoms with Crippen molar-refractivity contribution in [1.82, 2.24) is 0 Å². The molecule has 0 aliphatic heterocycles. The first kappa shape index (κ1) is 46.1. The van der Waals surface area contributed by atoms with E-state index in [0.29, 0.717) is 11.0 Å². The molecule has 0 aromatic rings. The van der Waals surface area contributed by atoms with E-state index in [1.165, 1.54) is 0 Å². The average molecular weight is 615 g/mol. The molecule has 0 saturated carbocycles. The molecule has 7 N–H and O–H groups in total. The third kappa shape index (κ3) is 56.6. The van der Waals surface area contributed by atoms with Crippen molar-refractivity contribution in [2.24, 2.45) is 17.2 Å². The molecule has 0 unspecified atom stereocenters. The van der Waals surface area contributed by atoms with Gasteiger partial charge in [-0.1, -0.05) is 6.92 Å². The predicted molar refractivity (Wildman–Crippen MR) is 132 cm³/mol. The summed E-state index contributed by atoms with van der Waals surface area (Å²) in [6.45, 7) is 1.91. The fraction of sp³-hybridized carbons (Fsp3) is 0.875. The number of esters is 1. The van der Waals surface area contributed by atoms with Crippen molar-refractivity contribution >= 4 is 65.3 Å². The Balaban J connectivity index is -0.000000132. The molecular formula is C16H38MgN4O13S3. The van der Waals surface area contributed by atoms with Crippen molar-refractivity contribution in [3.05, 3.63) is 0 Å². The van der Waals surface area contributed by atoms with Gasteiger partial charge in [0, 0.05) is 26.1 Å². The summed E-state index contributed by atoms with van der Waals surface area (Å²) in [6.07, 6.45) is -0.413. The molecule has 0 aromatic carbocycles. The zero-order valence-electron chi connectivity index (χ0n) is 21.4. The van der Waals surface area contributed by atoms with Crippen molar-refractivity contribution < 1.29 is 62.8 Å². The van der Waals surface area contributed by atoms with Gasteiger partial charge in [0.15, 0.2) is 6.10 Å². The van der Waals surface area contributed by atoms with E-state index in [-0.39, 0.29) is 61.5 Å². The first-order chi connectivity index (χ1) is 15.9. The summed E-state index contributed by atoms with van der Waals surface area (Å²) in [5.74, 6) is -2.69. The molecule has 0 heterocycles. The zero-order chi connectivity index (χ0) is 29.8. The normalized spacial score (nSPS) is 12.1. The van der Waals surface area contributed by atoms with Crippen LogP contribution in [0.2, 0.25) is 0 Å². The Morgan fingerprint density at radius 1 is 0.811 bits per heavy atom. The van der Waals surface area contributed by atoms with Crippen LogP contribution in [0, 0.1) is 0 Å². The second kappa shape index (κ2) is 23.2. The molecule has 0 spiro atoms. The van der Waals surface area contributed by atoms with Crippen LogP contribution in [0.25, 0.3) is 0 Å². The number of aliphatic carboxylic acids is 1. The summed E-state index contributed by atoms with van der Waals surface area (Å²) in [7, 11) is -6.37. The topological polar surface area (TPSA) is 313 Å². The van der Waals surface area contributed by atoms with Crippen LogP contribution < -0.4 is 17.2 Å². The third-order valence-corrected chi connectivity index (χ3v) is 5.05. The number of carbonyl (C=O) groups is 2. The van der Waals surface area contributed by atoms with Crippen LogP contribution in [-0.2, 0) is 44.7 Å². The van der Waals surface area contributed by atoms with Crippen LogP contribution in [-0.4, -0.2) is 154 Å². The zero-order valence-corrected chi connectivity index (χ0v) is 25.3. The number of nitrogens with zero attached hydrogens (tertiary/aromatic N) is 1. The molecule has 37 heavy (non-hydrogen) atoms. The van der Waals surface area contributed by atoms with E-state index >= 15 is 0 Å². The van der Waals surface area contributed by atoms with Gasteiger partial charge in [0.05, 0.1) is 75.2 Å².